The number of aromatic nitrogens is 1. The molecule has 0 aliphatic heterocycles. The third-order valence-electron chi connectivity index (χ3n) is 3.09. The Labute approximate surface area is 129 Å². The molecule has 101 valence electrons. The summed E-state index contributed by atoms with van der Waals surface area (Å²) in [6, 6.07) is 11.6. The van der Waals surface area contributed by atoms with Crippen LogP contribution in [-0.4, -0.2) is 4.98 Å². The van der Waals surface area contributed by atoms with E-state index in [4.69, 9.17) is 0 Å². The molecule has 1 aromatic carbocycles. The van der Waals surface area contributed by atoms with Crippen molar-refractivity contribution in [2.45, 2.75) is 27.2 Å². The Morgan fingerprint density at radius 2 is 2.11 bits per heavy atom. The topological polar surface area (TPSA) is 12.9 Å². The third-order valence-corrected chi connectivity index (χ3v) is 3.09. The van der Waals surface area contributed by atoms with Crippen molar-refractivity contribution >= 4 is 6.08 Å². The second kappa shape index (κ2) is 7.37. The van der Waals surface area contributed by atoms with Gasteiger partial charge >= 0.3 is 0 Å². The molecule has 0 saturated carbocycles. The van der Waals surface area contributed by atoms with Gasteiger partial charge in [0.2, 0.25) is 0 Å². The van der Waals surface area contributed by atoms with E-state index in [-0.39, 0.29) is 20.1 Å². The van der Waals surface area contributed by atoms with Crippen LogP contribution in [0.3, 0.4) is 0 Å². The van der Waals surface area contributed by atoms with E-state index in [0.717, 1.165) is 17.7 Å². The van der Waals surface area contributed by atoms with Crippen molar-refractivity contribution in [1.29, 1.82) is 0 Å². The van der Waals surface area contributed by atoms with Crippen molar-refractivity contribution in [1.82, 2.24) is 4.98 Å². The average Bonchev–Trinajstić information content (AvgIpc) is 2.39. The molecule has 0 amide bonds. The quantitative estimate of drug-likeness (QED) is 0.659. The van der Waals surface area contributed by atoms with Crippen LogP contribution < -0.4 is 0 Å². The van der Waals surface area contributed by atoms with E-state index in [9.17, 15) is 0 Å². The van der Waals surface area contributed by atoms with Crippen molar-refractivity contribution in [3.05, 3.63) is 59.3 Å². The molecule has 0 atom stereocenters. The zero-order chi connectivity index (χ0) is 13.0. The molecule has 0 spiro atoms. The Balaban J connectivity index is 0.00000180. The standard InChI is InChI=1S/C17H18N.Ir/c1-4-7-14-10-11-18-17(12-14)16-9-6-8-13(3)15(16)5-2;/h4,6-8,10-12H,5H2,1-3H3;/q-1;/b7-4-;. The summed E-state index contributed by atoms with van der Waals surface area (Å²) in [7, 11) is 0. The first-order chi connectivity index (χ1) is 8.76. The number of hydrogen-bond acceptors (Lipinski definition) is 1. The first kappa shape index (κ1) is 15.8. The largest absolute Gasteiger partial charge is 0.305 e. The molecule has 2 rings (SSSR count). The molecule has 1 heterocycles. The normalized spacial score (nSPS) is 10.5. The number of pyridine rings is 1. The van der Waals surface area contributed by atoms with Crippen LogP contribution in [-0.2, 0) is 26.5 Å². The summed E-state index contributed by atoms with van der Waals surface area (Å²) in [5, 5.41) is 0. The number of aryl methyl sites for hydroxylation is 1. The van der Waals surface area contributed by atoms with Gasteiger partial charge in [-0.3, -0.25) is 0 Å². The molecule has 0 aliphatic carbocycles. The number of hydrogen-bond donors (Lipinski definition) is 0. The van der Waals surface area contributed by atoms with Gasteiger partial charge in [0.15, 0.2) is 0 Å². The zero-order valence-electron chi connectivity index (χ0n) is 11.5. The molecular weight excluding hydrogens is 410 g/mol. The molecule has 0 N–H and O–H groups in total. The van der Waals surface area contributed by atoms with E-state index < -0.39 is 0 Å². The molecule has 0 bridgehead atoms. The maximum absolute atomic E-state index is 4.48. The molecule has 0 unspecified atom stereocenters. The van der Waals surface area contributed by atoms with E-state index in [0.29, 0.717) is 0 Å². The predicted octanol–water partition coefficient (Wildman–Crippen LogP) is 4.45. The number of benzene rings is 1. The number of allylic oxidation sites excluding steroid dienone is 1. The first-order valence-electron chi connectivity index (χ1n) is 6.35. The van der Waals surface area contributed by atoms with Gasteiger partial charge < -0.3 is 4.98 Å². The minimum atomic E-state index is 0. The van der Waals surface area contributed by atoms with Gasteiger partial charge in [-0.2, -0.15) is 0 Å². The van der Waals surface area contributed by atoms with Gasteiger partial charge in [0.25, 0.3) is 0 Å². The second-order valence-corrected chi connectivity index (χ2v) is 4.34. The molecule has 2 heteroatoms. The number of nitrogens with zero attached hydrogens (tertiary/aromatic N) is 1. The monoisotopic (exact) mass is 429 g/mol. The van der Waals surface area contributed by atoms with Gasteiger partial charge in [0, 0.05) is 26.3 Å². The molecule has 19 heavy (non-hydrogen) atoms. The van der Waals surface area contributed by atoms with Crippen LogP contribution in [0.1, 0.15) is 30.5 Å². The summed E-state index contributed by atoms with van der Waals surface area (Å²) < 4.78 is 0. The summed E-state index contributed by atoms with van der Waals surface area (Å²) in [6.45, 7) is 6.35. The fourth-order valence-corrected chi connectivity index (χ4v) is 2.20. The molecular formula is C17H18IrN-. The van der Waals surface area contributed by atoms with Crippen LogP contribution in [0.2, 0.25) is 0 Å². The van der Waals surface area contributed by atoms with Crippen molar-refractivity contribution in [3.63, 3.8) is 0 Å². The van der Waals surface area contributed by atoms with Gasteiger partial charge in [0.05, 0.1) is 0 Å². The first-order valence-corrected chi connectivity index (χ1v) is 6.35. The summed E-state index contributed by atoms with van der Waals surface area (Å²) in [5.41, 5.74) is 5.96. The summed E-state index contributed by atoms with van der Waals surface area (Å²) in [5.74, 6) is 0. The second-order valence-electron chi connectivity index (χ2n) is 4.34. The van der Waals surface area contributed by atoms with E-state index in [1.807, 2.05) is 31.3 Å². The molecule has 2 aromatic rings. The van der Waals surface area contributed by atoms with Crippen molar-refractivity contribution in [2.75, 3.05) is 0 Å². The SMILES string of the molecule is C/C=C\c1ccnc(-c2[c-]ccc(C)c2CC)c1.[Ir]. The van der Waals surface area contributed by atoms with Crippen LogP contribution in [0.5, 0.6) is 0 Å². The van der Waals surface area contributed by atoms with Crippen molar-refractivity contribution < 1.29 is 20.1 Å². The molecule has 0 saturated heterocycles. The third kappa shape index (κ3) is 3.62. The minimum absolute atomic E-state index is 0. The van der Waals surface area contributed by atoms with Crippen LogP contribution >= 0.6 is 0 Å². The summed E-state index contributed by atoms with van der Waals surface area (Å²) in [4.78, 5) is 4.48. The van der Waals surface area contributed by atoms with Gasteiger partial charge in [-0.25, -0.2) is 0 Å². The molecule has 1 aromatic heterocycles. The number of rotatable bonds is 3. The Kier molecular flexibility index (Phi) is 6.14. The molecule has 0 fully saturated rings. The Morgan fingerprint density at radius 3 is 2.79 bits per heavy atom. The van der Waals surface area contributed by atoms with Crippen molar-refractivity contribution in [3.8, 4) is 11.3 Å². The minimum Gasteiger partial charge on any atom is -0.305 e. The zero-order valence-corrected chi connectivity index (χ0v) is 13.9. The average molecular weight is 429 g/mol. The maximum Gasteiger partial charge on any atom is 0.0166 e. The predicted molar refractivity (Wildman–Crippen MR) is 77.3 cm³/mol. The van der Waals surface area contributed by atoms with E-state index in [2.05, 4.69) is 43.1 Å². The van der Waals surface area contributed by atoms with E-state index in [1.165, 1.54) is 16.7 Å². The summed E-state index contributed by atoms with van der Waals surface area (Å²) in [6.07, 6.45) is 7.00. The Hall–Kier alpha value is -1.24. The van der Waals surface area contributed by atoms with Gasteiger partial charge in [-0.15, -0.1) is 34.9 Å². The summed E-state index contributed by atoms with van der Waals surface area (Å²) >= 11 is 0. The van der Waals surface area contributed by atoms with Crippen LogP contribution in [0.25, 0.3) is 17.3 Å². The van der Waals surface area contributed by atoms with Crippen LogP contribution in [0.15, 0.2) is 36.5 Å². The molecule has 1 nitrogen and oxygen atoms in total. The van der Waals surface area contributed by atoms with Gasteiger partial charge in [-0.1, -0.05) is 38.5 Å². The smallest absolute Gasteiger partial charge is 0.0166 e. The fraction of sp³-hybridized carbons (Fsp3) is 0.235. The Morgan fingerprint density at radius 1 is 1.32 bits per heavy atom. The maximum atomic E-state index is 4.48. The van der Waals surface area contributed by atoms with Gasteiger partial charge in [-0.05, 0) is 24.2 Å². The molecule has 0 aliphatic rings. The van der Waals surface area contributed by atoms with Crippen LogP contribution in [0.4, 0.5) is 0 Å². The fourth-order valence-electron chi connectivity index (χ4n) is 2.20. The van der Waals surface area contributed by atoms with Crippen molar-refractivity contribution in [2.24, 2.45) is 0 Å². The Bertz CT molecular complexity index is 573. The molecule has 1 radical (unpaired) electrons. The van der Waals surface area contributed by atoms with Gasteiger partial charge in [0.1, 0.15) is 0 Å². The van der Waals surface area contributed by atoms with Crippen LogP contribution in [0, 0.1) is 13.0 Å². The van der Waals surface area contributed by atoms with E-state index in [1.54, 1.807) is 0 Å². The van der Waals surface area contributed by atoms with E-state index >= 15 is 0 Å².